The maximum atomic E-state index is 17.5. The average molecular weight is 686 g/mol. The second-order valence-corrected chi connectivity index (χ2v) is 15.0. The number of aliphatic hydroxyl groups excluding tert-OH is 1. The molecule has 9 atom stereocenters. The Labute approximate surface area is 290 Å². The highest BCUT2D eigenvalue weighted by Crippen LogP contribution is 2.74. The minimum Gasteiger partial charge on any atom is -0.441 e. The number of anilines is 1. The topological polar surface area (TPSA) is 157 Å². The quantitative estimate of drug-likeness (QED) is 0.304. The number of alkyl carbamates (subject to hydrolysis) is 1. The number of halogens is 1. The lowest BCUT2D eigenvalue weighted by Gasteiger charge is -2.67. The number of carbonyl (C=O) groups is 4. The fourth-order valence-corrected chi connectivity index (χ4v) is 10.1. The molecule has 11 heteroatoms. The number of ether oxygens (including phenoxy) is 2. The van der Waals surface area contributed by atoms with Crippen LogP contribution in [0.1, 0.15) is 50.7 Å². The number of carbonyl (C=O) groups excluding carboxylic acids is 4. The van der Waals surface area contributed by atoms with Gasteiger partial charge in [0.25, 0.3) is 0 Å². The van der Waals surface area contributed by atoms with Crippen molar-refractivity contribution in [1.82, 2.24) is 5.32 Å². The molecule has 10 nitrogen and oxygen atoms in total. The summed E-state index contributed by atoms with van der Waals surface area (Å²) in [6.45, 7) is 3.37. The summed E-state index contributed by atoms with van der Waals surface area (Å²) in [4.78, 5) is 51.8. The highest BCUT2D eigenvalue weighted by Gasteiger charge is 2.81. The summed E-state index contributed by atoms with van der Waals surface area (Å²) in [5.41, 5.74) is 3.69. The van der Waals surface area contributed by atoms with Crippen molar-refractivity contribution >= 4 is 29.3 Å². The van der Waals surface area contributed by atoms with Gasteiger partial charge in [0.05, 0.1) is 18.8 Å². The van der Waals surface area contributed by atoms with Crippen LogP contribution in [0.4, 0.5) is 14.9 Å². The molecule has 2 aromatic rings. The number of ketones is 2. The maximum Gasteiger partial charge on any atom is 0.407 e. The van der Waals surface area contributed by atoms with Crippen molar-refractivity contribution in [2.45, 2.75) is 75.9 Å². The number of allylic oxidation sites excluding steroid dienone is 4. The molecule has 50 heavy (non-hydrogen) atoms. The normalized spacial score (nSPS) is 35.6. The Kier molecular flexibility index (Phi) is 8.60. The number of fused-ring (bicyclic) bond motifs is 4. The molecule has 5 N–H and O–H groups in total. The van der Waals surface area contributed by atoms with Crippen molar-refractivity contribution < 1.29 is 38.1 Å². The van der Waals surface area contributed by atoms with Crippen molar-refractivity contribution in [2.24, 2.45) is 34.3 Å². The smallest absolute Gasteiger partial charge is 0.407 e. The number of rotatable bonds is 9. The number of Topliss-reactive ketones (excluding diaryl/α,β-unsaturated/α-hetero) is 1. The highest BCUT2D eigenvalue weighted by molar-refractivity contribution is 6.01. The number of aliphatic hydroxyl groups is 1. The highest BCUT2D eigenvalue weighted by atomic mass is 19.1. The Bertz CT molecular complexity index is 1780. The summed E-state index contributed by atoms with van der Waals surface area (Å²) in [5.74, 6) is -1.99. The van der Waals surface area contributed by atoms with E-state index in [-0.39, 0.29) is 43.1 Å². The van der Waals surface area contributed by atoms with Crippen LogP contribution in [0.3, 0.4) is 0 Å². The van der Waals surface area contributed by atoms with Crippen LogP contribution >= 0.6 is 0 Å². The molecule has 264 valence electrons. The molecular formula is C39H44FN3O7. The van der Waals surface area contributed by atoms with Crippen molar-refractivity contribution in [1.29, 1.82) is 0 Å². The third-order valence-electron chi connectivity index (χ3n) is 12.5. The molecule has 1 aliphatic heterocycles. The van der Waals surface area contributed by atoms with Crippen LogP contribution in [-0.4, -0.2) is 65.3 Å². The van der Waals surface area contributed by atoms with Gasteiger partial charge in [0.2, 0.25) is 11.7 Å². The molecule has 3 saturated carbocycles. The second-order valence-electron chi connectivity index (χ2n) is 15.0. The maximum absolute atomic E-state index is 17.5. The van der Waals surface area contributed by atoms with Gasteiger partial charge in [0, 0.05) is 29.0 Å². The number of para-hydroxylation sites is 1. The number of hydrogen-bond donors (Lipinski definition) is 4. The van der Waals surface area contributed by atoms with Gasteiger partial charge in [-0.2, -0.15) is 0 Å². The van der Waals surface area contributed by atoms with Gasteiger partial charge in [-0.15, -0.1) is 0 Å². The molecule has 5 aliphatic rings. The zero-order valence-electron chi connectivity index (χ0n) is 28.3. The van der Waals surface area contributed by atoms with Gasteiger partial charge in [-0.3, -0.25) is 14.4 Å². The molecule has 2 aromatic carbocycles. The molecule has 4 aliphatic carbocycles. The van der Waals surface area contributed by atoms with E-state index < -0.39 is 58.6 Å². The third-order valence-corrected chi connectivity index (χ3v) is 12.5. The Hall–Kier alpha value is -4.19. The number of amides is 2. The van der Waals surface area contributed by atoms with Crippen LogP contribution in [0, 0.1) is 28.6 Å². The lowest BCUT2D eigenvalue weighted by molar-refractivity contribution is -0.309. The van der Waals surface area contributed by atoms with E-state index in [9.17, 15) is 24.3 Å². The number of alkyl halides is 1. The van der Waals surface area contributed by atoms with Crippen LogP contribution < -0.4 is 16.4 Å². The summed E-state index contributed by atoms with van der Waals surface area (Å²) < 4.78 is 29.0. The van der Waals surface area contributed by atoms with E-state index in [0.29, 0.717) is 42.5 Å². The first-order chi connectivity index (χ1) is 23.9. The van der Waals surface area contributed by atoms with E-state index in [1.807, 2.05) is 37.3 Å². The average Bonchev–Trinajstić information content (AvgIpc) is 3.25. The Morgan fingerprint density at radius 1 is 1.12 bits per heavy atom. The van der Waals surface area contributed by atoms with Crippen LogP contribution in [-0.2, 0) is 36.8 Å². The Morgan fingerprint density at radius 3 is 2.60 bits per heavy atom. The number of hydrogen-bond acceptors (Lipinski definition) is 8. The molecule has 7 rings (SSSR count). The van der Waals surface area contributed by atoms with Crippen molar-refractivity contribution in [3.63, 3.8) is 0 Å². The Morgan fingerprint density at radius 2 is 1.86 bits per heavy atom. The standard InChI is InChI=1S/C39H44FN3O7/c1-23-16-29-28-13-12-26-18-27(44)14-15-36(26,2)38(28,40)32(45)19-37(29)22-50-39(23,37)33(46)21-49-35(48)42-20-25-10-6-7-11-31(25)43-34(47)30(41)17-24-8-4-3-5-9-24/h3-11,14-15,18,23,28-30,32,45H,12-13,16-17,19-22,41H2,1-2H3,(H,42,48)(H,43,47)/t23-,28+,29+,30+,32+,36+,37-,38+,39+/m1/s1. The first-order valence-corrected chi connectivity index (χ1v) is 17.4. The first kappa shape index (κ1) is 34.3. The zero-order chi connectivity index (χ0) is 35.5. The van der Waals surface area contributed by atoms with Gasteiger partial charge in [0.15, 0.2) is 18.1 Å². The predicted molar refractivity (Wildman–Crippen MR) is 182 cm³/mol. The van der Waals surface area contributed by atoms with Gasteiger partial charge < -0.3 is 30.9 Å². The summed E-state index contributed by atoms with van der Waals surface area (Å²) in [7, 11) is 0. The molecule has 4 fully saturated rings. The monoisotopic (exact) mass is 685 g/mol. The van der Waals surface area contributed by atoms with E-state index in [1.165, 1.54) is 12.2 Å². The summed E-state index contributed by atoms with van der Waals surface area (Å²) in [5, 5.41) is 17.1. The Balaban J connectivity index is 0.989. The first-order valence-electron chi connectivity index (χ1n) is 17.4. The minimum atomic E-state index is -2.00. The molecule has 0 radical (unpaired) electrons. The van der Waals surface area contributed by atoms with Gasteiger partial charge >= 0.3 is 6.09 Å². The fraction of sp³-hybridized carbons (Fsp3) is 0.487. The molecule has 2 amide bonds. The van der Waals surface area contributed by atoms with Crippen molar-refractivity contribution in [3.8, 4) is 0 Å². The second kappa shape index (κ2) is 12.5. The van der Waals surface area contributed by atoms with Crippen molar-refractivity contribution in [3.05, 3.63) is 89.5 Å². The molecule has 0 bridgehead atoms. The van der Waals surface area contributed by atoms with Gasteiger partial charge in [-0.25, -0.2) is 9.18 Å². The van der Waals surface area contributed by atoms with Gasteiger partial charge in [-0.1, -0.05) is 67.1 Å². The van der Waals surface area contributed by atoms with Crippen molar-refractivity contribution in [2.75, 3.05) is 18.5 Å². The van der Waals surface area contributed by atoms with Crippen LogP contribution in [0.15, 0.2) is 78.4 Å². The minimum absolute atomic E-state index is 0.0170. The van der Waals surface area contributed by atoms with Crippen LogP contribution in [0.2, 0.25) is 0 Å². The molecule has 1 heterocycles. The molecule has 1 spiro atoms. The van der Waals surface area contributed by atoms with E-state index >= 15 is 4.39 Å². The lowest BCUT2D eigenvalue weighted by atomic mass is 9.43. The summed E-state index contributed by atoms with van der Waals surface area (Å²) >= 11 is 0. The SMILES string of the molecule is C[C@@H]1C[C@H]2[C@@H]3CCC4=CC(=O)C=C[C@]4(C)[C@@]3(F)[C@@H](O)C[C@@]23CO[C@]13C(=O)COC(=O)NCc1ccccc1NC(=O)[C@@H](N)Cc1ccccc1. The van der Waals surface area contributed by atoms with E-state index in [4.69, 9.17) is 15.2 Å². The molecule has 0 unspecified atom stereocenters. The number of benzene rings is 2. The lowest BCUT2D eigenvalue weighted by Crippen LogP contribution is -2.76. The van der Waals surface area contributed by atoms with E-state index in [2.05, 4.69) is 10.6 Å². The number of nitrogens with two attached hydrogens (primary N) is 1. The zero-order valence-corrected chi connectivity index (χ0v) is 28.3. The van der Waals surface area contributed by atoms with Crippen LogP contribution in [0.25, 0.3) is 0 Å². The van der Waals surface area contributed by atoms with E-state index in [1.54, 1.807) is 37.3 Å². The molecule has 1 saturated heterocycles. The predicted octanol–water partition coefficient (Wildman–Crippen LogP) is 4.36. The van der Waals surface area contributed by atoms with Gasteiger partial charge in [-0.05, 0) is 80.2 Å². The van der Waals surface area contributed by atoms with E-state index in [0.717, 1.165) is 5.56 Å². The molecular weight excluding hydrogens is 641 g/mol. The summed E-state index contributed by atoms with van der Waals surface area (Å²) in [6, 6.07) is 15.7. The number of nitrogens with one attached hydrogen (secondary N) is 2. The molecule has 0 aromatic heterocycles. The fourth-order valence-electron chi connectivity index (χ4n) is 10.1. The summed E-state index contributed by atoms with van der Waals surface area (Å²) in [6.07, 6.45) is 4.25. The van der Waals surface area contributed by atoms with Crippen LogP contribution in [0.5, 0.6) is 0 Å². The van der Waals surface area contributed by atoms with Gasteiger partial charge in [0.1, 0.15) is 5.60 Å². The third kappa shape index (κ3) is 5.07. The largest absolute Gasteiger partial charge is 0.441 e.